The number of nitrogens with one attached hydrogen (secondary N) is 2. The number of pyridine rings is 1. The fourth-order valence-corrected chi connectivity index (χ4v) is 2.69. The Kier molecular flexibility index (Phi) is 5.35. The summed E-state index contributed by atoms with van der Waals surface area (Å²) in [6.07, 6.45) is -1.43. The molecule has 28 heavy (non-hydrogen) atoms. The van der Waals surface area contributed by atoms with Gasteiger partial charge in [0.25, 0.3) is 5.91 Å². The Balaban J connectivity index is 1.73. The predicted octanol–water partition coefficient (Wildman–Crippen LogP) is 5.71. The van der Waals surface area contributed by atoms with Crippen molar-refractivity contribution in [3.05, 3.63) is 83.2 Å². The molecule has 2 N–H and O–H groups in total. The van der Waals surface area contributed by atoms with Crippen LogP contribution in [-0.2, 0) is 6.18 Å². The van der Waals surface area contributed by atoms with Crippen molar-refractivity contribution in [2.24, 2.45) is 0 Å². The molecule has 1 amide bonds. The van der Waals surface area contributed by atoms with Crippen molar-refractivity contribution in [2.75, 3.05) is 10.6 Å². The molecule has 0 spiro atoms. The van der Waals surface area contributed by atoms with E-state index in [4.69, 9.17) is 0 Å². The third kappa shape index (κ3) is 4.68. The van der Waals surface area contributed by atoms with Crippen molar-refractivity contribution in [1.29, 1.82) is 0 Å². The molecule has 7 heteroatoms. The first-order valence-corrected chi connectivity index (χ1v) is 8.50. The van der Waals surface area contributed by atoms with E-state index >= 15 is 0 Å². The van der Waals surface area contributed by atoms with Gasteiger partial charge in [-0.05, 0) is 55.8 Å². The number of hydrogen-bond acceptors (Lipinski definition) is 3. The number of amides is 1. The molecule has 0 saturated heterocycles. The summed E-state index contributed by atoms with van der Waals surface area (Å²) in [4.78, 5) is 16.5. The lowest BCUT2D eigenvalue weighted by molar-refractivity contribution is -0.137. The van der Waals surface area contributed by atoms with Crippen LogP contribution < -0.4 is 10.6 Å². The summed E-state index contributed by atoms with van der Waals surface area (Å²) in [5, 5.41) is 5.79. The largest absolute Gasteiger partial charge is 0.416 e. The average molecular weight is 385 g/mol. The number of nitrogens with zero attached hydrogens (tertiary/aromatic N) is 1. The second-order valence-corrected chi connectivity index (χ2v) is 6.43. The normalized spacial score (nSPS) is 11.2. The van der Waals surface area contributed by atoms with Gasteiger partial charge in [-0.2, -0.15) is 13.2 Å². The van der Waals surface area contributed by atoms with E-state index in [1.165, 1.54) is 18.3 Å². The number of carbonyl (C=O) groups is 1. The van der Waals surface area contributed by atoms with Crippen LogP contribution in [0.4, 0.5) is 30.2 Å². The summed E-state index contributed by atoms with van der Waals surface area (Å²) in [5.74, 6) is -0.462. The molecule has 0 aliphatic rings. The highest BCUT2D eigenvalue weighted by Gasteiger charge is 2.30. The van der Waals surface area contributed by atoms with Crippen LogP contribution in [0.25, 0.3) is 0 Å². The number of rotatable bonds is 4. The Morgan fingerprint density at radius 3 is 2.29 bits per heavy atom. The quantitative estimate of drug-likeness (QED) is 0.605. The Hall–Kier alpha value is -3.35. The van der Waals surface area contributed by atoms with Gasteiger partial charge in [-0.3, -0.25) is 9.78 Å². The lowest BCUT2D eigenvalue weighted by Crippen LogP contribution is -2.13. The molecule has 1 heterocycles. The molecule has 144 valence electrons. The fraction of sp³-hybridized carbons (Fsp3) is 0.143. The monoisotopic (exact) mass is 385 g/mol. The molecule has 4 nitrogen and oxygen atoms in total. The highest BCUT2D eigenvalue weighted by molar-refractivity contribution is 6.04. The van der Waals surface area contributed by atoms with Gasteiger partial charge in [0.1, 0.15) is 0 Å². The van der Waals surface area contributed by atoms with Gasteiger partial charge in [-0.1, -0.05) is 17.7 Å². The maximum absolute atomic E-state index is 12.6. The summed E-state index contributed by atoms with van der Waals surface area (Å²) >= 11 is 0. The van der Waals surface area contributed by atoms with Crippen LogP contribution in [0.2, 0.25) is 0 Å². The van der Waals surface area contributed by atoms with E-state index in [2.05, 4.69) is 15.6 Å². The third-order valence-corrected chi connectivity index (χ3v) is 4.13. The summed E-state index contributed by atoms with van der Waals surface area (Å²) in [7, 11) is 0. The first-order valence-electron chi connectivity index (χ1n) is 8.50. The molecular formula is C21H18F3N3O. The smallest absolute Gasteiger partial charge is 0.354 e. The standard InChI is InChI=1S/C21H18F3N3O/c1-13-3-8-19(14(2)9-13)26-18-10-15(11-25-12-18)20(28)27-17-6-4-16(5-7-17)21(22,23)24/h3-12,26H,1-2H3,(H,27,28). The molecule has 0 bridgehead atoms. The number of hydrogen-bond donors (Lipinski definition) is 2. The zero-order chi connectivity index (χ0) is 20.3. The Labute approximate surface area is 160 Å². The SMILES string of the molecule is Cc1ccc(Nc2cncc(C(=O)Nc3ccc(C(F)(F)F)cc3)c2)c(C)c1. The van der Waals surface area contributed by atoms with E-state index < -0.39 is 17.6 Å². The summed E-state index contributed by atoms with van der Waals surface area (Å²) in [5.41, 5.74) is 3.51. The van der Waals surface area contributed by atoms with Crippen LogP contribution in [0.1, 0.15) is 27.0 Å². The van der Waals surface area contributed by atoms with Gasteiger partial charge in [0.05, 0.1) is 23.0 Å². The van der Waals surface area contributed by atoms with Gasteiger partial charge in [0.2, 0.25) is 0 Å². The Morgan fingerprint density at radius 2 is 1.64 bits per heavy atom. The number of anilines is 3. The van der Waals surface area contributed by atoms with Gasteiger partial charge >= 0.3 is 6.18 Å². The minimum atomic E-state index is -4.42. The van der Waals surface area contributed by atoms with Gasteiger partial charge < -0.3 is 10.6 Å². The van der Waals surface area contributed by atoms with E-state index in [0.717, 1.165) is 28.9 Å². The minimum absolute atomic E-state index is 0.269. The molecule has 1 aromatic heterocycles. The van der Waals surface area contributed by atoms with Crippen molar-refractivity contribution in [2.45, 2.75) is 20.0 Å². The highest BCUT2D eigenvalue weighted by atomic mass is 19.4. The van der Waals surface area contributed by atoms with Crippen LogP contribution in [0.15, 0.2) is 60.9 Å². The van der Waals surface area contributed by atoms with Crippen LogP contribution in [0.3, 0.4) is 0 Å². The van der Waals surface area contributed by atoms with Crippen molar-refractivity contribution >= 4 is 23.0 Å². The molecule has 3 rings (SSSR count). The lowest BCUT2D eigenvalue weighted by atomic mass is 10.1. The number of halogens is 3. The molecule has 0 atom stereocenters. The number of aryl methyl sites for hydroxylation is 2. The Morgan fingerprint density at radius 1 is 0.929 bits per heavy atom. The lowest BCUT2D eigenvalue weighted by Gasteiger charge is -2.12. The van der Waals surface area contributed by atoms with Crippen molar-refractivity contribution in [3.63, 3.8) is 0 Å². The van der Waals surface area contributed by atoms with E-state index in [0.29, 0.717) is 5.69 Å². The third-order valence-electron chi connectivity index (χ3n) is 4.13. The van der Waals surface area contributed by atoms with Crippen molar-refractivity contribution in [3.8, 4) is 0 Å². The number of aromatic nitrogens is 1. The molecular weight excluding hydrogens is 367 g/mol. The topological polar surface area (TPSA) is 54.0 Å². The molecule has 2 aromatic carbocycles. The van der Waals surface area contributed by atoms with Crippen LogP contribution >= 0.6 is 0 Å². The molecule has 0 unspecified atom stereocenters. The zero-order valence-electron chi connectivity index (χ0n) is 15.3. The van der Waals surface area contributed by atoms with Gasteiger partial charge in [0.15, 0.2) is 0 Å². The van der Waals surface area contributed by atoms with Gasteiger partial charge in [-0.15, -0.1) is 0 Å². The number of carbonyl (C=O) groups excluding carboxylic acids is 1. The molecule has 3 aromatic rings. The summed E-state index contributed by atoms with van der Waals surface area (Å²) < 4.78 is 37.9. The van der Waals surface area contributed by atoms with Crippen LogP contribution in [0.5, 0.6) is 0 Å². The molecule has 0 radical (unpaired) electrons. The number of alkyl halides is 3. The fourth-order valence-electron chi connectivity index (χ4n) is 2.69. The molecule has 0 aliphatic heterocycles. The summed E-state index contributed by atoms with van der Waals surface area (Å²) in [6.45, 7) is 3.98. The first kappa shape index (κ1) is 19.4. The van der Waals surface area contributed by atoms with E-state index in [9.17, 15) is 18.0 Å². The second-order valence-electron chi connectivity index (χ2n) is 6.43. The molecule has 0 saturated carbocycles. The molecule has 0 aliphatic carbocycles. The minimum Gasteiger partial charge on any atom is -0.354 e. The van der Waals surface area contributed by atoms with Gasteiger partial charge in [-0.25, -0.2) is 0 Å². The maximum Gasteiger partial charge on any atom is 0.416 e. The summed E-state index contributed by atoms with van der Waals surface area (Å²) in [6, 6.07) is 11.9. The average Bonchev–Trinajstić information content (AvgIpc) is 2.64. The van der Waals surface area contributed by atoms with E-state index in [-0.39, 0.29) is 11.3 Å². The second kappa shape index (κ2) is 7.72. The van der Waals surface area contributed by atoms with Crippen molar-refractivity contribution in [1.82, 2.24) is 4.98 Å². The predicted molar refractivity (Wildman–Crippen MR) is 103 cm³/mol. The maximum atomic E-state index is 12.6. The van der Waals surface area contributed by atoms with Crippen LogP contribution in [0, 0.1) is 13.8 Å². The zero-order valence-corrected chi connectivity index (χ0v) is 15.3. The first-order chi connectivity index (χ1) is 13.2. The van der Waals surface area contributed by atoms with E-state index in [1.54, 1.807) is 12.3 Å². The van der Waals surface area contributed by atoms with Gasteiger partial charge in [0, 0.05) is 17.6 Å². The van der Waals surface area contributed by atoms with E-state index in [1.807, 2.05) is 32.0 Å². The highest BCUT2D eigenvalue weighted by Crippen LogP contribution is 2.30. The van der Waals surface area contributed by atoms with Crippen molar-refractivity contribution < 1.29 is 18.0 Å². The number of benzene rings is 2. The Bertz CT molecular complexity index is 999. The molecule has 0 fully saturated rings. The van der Waals surface area contributed by atoms with Crippen LogP contribution in [-0.4, -0.2) is 10.9 Å².